The van der Waals surface area contributed by atoms with Crippen molar-refractivity contribution in [1.29, 1.82) is 5.26 Å². The molecule has 1 aliphatic rings. The van der Waals surface area contributed by atoms with Crippen LogP contribution in [0.25, 0.3) is 11.5 Å². The second-order valence-electron chi connectivity index (χ2n) is 9.41. The summed E-state index contributed by atoms with van der Waals surface area (Å²) in [6.45, 7) is 11.7. The summed E-state index contributed by atoms with van der Waals surface area (Å²) in [4.78, 5) is 36.3. The zero-order valence-corrected chi connectivity index (χ0v) is 22.9. The van der Waals surface area contributed by atoms with E-state index in [2.05, 4.69) is 44.9 Å². The van der Waals surface area contributed by atoms with Crippen molar-refractivity contribution in [2.45, 2.75) is 38.8 Å². The third-order valence-electron chi connectivity index (χ3n) is 6.90. The number of carbonyl (C=O) groups is 2. The minimum Gasteiger partial charge on any atom is -0.458 e. The molecule has 11 heteroatoms. The molecule has 5 rings (SSSR count). The second-order valence-corrected chi connectivity index (χ2v) is 10.5. The van der Waals surface area contributed by atoms with Crippen molar-refractivity contribution in [2.24, 2.45) is 0 Å². The number of nitrogens with zero attached hydrogens (tertiary/aromatic N) is 5. The molecular weight excluding hydrogens is 526 g/mol. The molecule has 1 amide bonds. The molecule has 1 unspecified atom stereocenters. The molecule has 0 radical (unpaired) electrons. The first kappa shape index (κ1) is 26.8. The smallest absolute Gasteiger partial charge is 0.338 e. The lowest BCUT2D eigenvalue weighted by Crippen LogP contribution is -2.29. The van der Waals surface area contributed by atoms with Gasteiger partial charge in [-0.15, -0.1) is 11.3 Å². The first-order chi connectivity index (χ1) is 19.3. The fraction of sp³-hybridized carbons (Fsp3) is 0.241. The summed E-state index contributed by atoms with van der Waals surface area (Å²) >= 11 is 1.40. The molecule has 0 aliphatic heterocycles. The molecule has 202 valence electrons. The Morgan fingerprint density at radius 2 is 2.17 bits per heavy atom. The Balaban J connectivity index is 1.36. The molecule has 40 heavy (non-hydrogen) atoms. The average Bonchev–Trinajstić information content (AvgIpc) is 3.71. The summed E-state index contributed by atoms with van der Waals surface area (Å²) < 4.78 is 6.61. The number of nitriles is 1. The number of carbonyl (C=O) groups excluding carboxylic acids is 2. The van der Waals surface area contributed by atoms with Crippen molar-refractivity contribution in [3.8, 4) is 6.07 Å². The van der Waals surface area contributed by atoms with Gasteiger partial charge in [-0.1, -0.05) is 25.3 Å². The Bertz CT molecular complexity index is 1700. The van der Waals surface area contributed by atoms with Gasteiger partial charge in [0.1, 0.15) is 29.6 Å². The van der Waals surface area contributed by atoms with E-state index in [1.165, 1.54) is 28.3 Å². The van der Waals surface area contributed by atoms with Gasteiger partial charge < -0.3 is 15.4 Å². The van der Waals surface area contributed by atoms with Crippen LogP contribution in [0, 0.1) is 18.3 Å². The zero-order valence-electron chi connectivity index (χ0n) is 22.1. The van der Waals surface area contributed by atoms with Crippen molar-refractivity contribution >= 4 is 34.7 Å². The standard InChI is InChI=1S/C29H27N7O3S/c1-5-12-39-28(38)21-7-8-22-20(16(21)2)9-10-23(22)34-27(37)25-13-24(35-29-31-15-32-36(25)29)17(3)33-18(4)26-11-6-19(14-30)40-26/h5-8,11,13,15,18,23,33H,1,3,9-10,12H2,2,4H3,(H,34,37)/t18?,23-/m0/s1. The number of thiophene rings is 1. The number of hydrogen-bond acceptors (Lipinski definition) is 9. The van der Waals surface area contributed by atoms with Gasteiger partial charge in [-0.25, -0.2) is 9.78 Å². The molecule has 1 aromatic carbocycles. The lowest BCUT2D eigenvalue weighted by molar-refractivity contribution is 0.0548. The normalized spacial score (nSPS) is 14.7. The number of ether oxygens (including phenoxy) is 1. The van der Waals surface area contributed by atoms with Crippen LogP contribution in [-0.2, 0) is 11.2 Å². The highest BCUT2D eigenvalue weighted by atomic mass is 32.1. The van der Waals surface area contributed by atoms with Crippen LogP contribution in [0.2, 0.25) is 0 Å². The number of benzene rings is 1. The highest BCUT2D eigenvalue weighted by molar-refractivity contribution is 7.12. The van der Waals surface area contributed by atoms with E-state index in [1.54, 1.807) is 18.2 Å². The van der Waals surface area contributed by atoms with E-state index < -0.39 is 5.97 Å². The third kappa shape index (κ3) is 5.09. The van der Waals surface area contributed by atoms with E-state index in [1.807, 2.05) is 26.0 Å². The van der Waals surface area contributed by atoms with Crippen molar-refractivity contribution in [3.05, 3.63) is 99.3 Å². The molecule has 0 saturated carbocycles. The number of hydrogen-bond donors (Lipinski definition) is 2. The zero-order chi connectivity index (χ0) is 28.4. The van der Waals surface area contributed by atoms with Crippen LogP contribution in [0.4, 0.5) is 0 Å². The van der Waals surface area contributed by atoms with Crippen molar-refractivity contribution in [1.82, 2.24) is 30.2 Å². The van der Waals surface area contributed by atoms with Crippen molar-refractivity contribution in [3.63, 3.8) is 0 Å². The van der Waals surface area contributed by atoms with Gasteiger partial charge >= 0.3 is 5.97 Å². The monoisotopic (exact) mass is 553 g/mol. The van der Waals surface area contributed by atoms with Crippen LogP contribution in [0.3, 0.4) is 0 Å². The van der Waals surface area contributed by atoms with Gasteiger partial charge in [0.05, 0.1) is 29.0 Å². The number of amides is 1. The quantitative estimate of drug-likeness (QED) is 0.229. The predicted octanol–water partition coefficient (Wildman–Crippen LogP) is 4.45. The highest BCUT2D eigenvalue weighted by Crippen LogP contribution is 2.35. The van der Waals surface area contributed by atoms with E-state index in [4.69, 9.17) is 10.00 Å². The Morgan fingerprint density at radius 3 is 2.92 bits per heavy atom. The van der Waals surface area contributed by atoms with Crippen LogP contribution >= 0.6 is 11.3 Å². The SMILES string of the molecule is C=CCOC(=O)c1ccc2c(c1C)CC[C@@H]2NC(=O)c1cc(C(=C)NC(C)c2ccc(C#N)s2)nc2ncnn12. The minimum atomic E-state index is -0.390. The Hall–Kier alpha value is -4.82. The van der Waals surface area contributed by atoms with Gasteiger partial charge in [0, 0.05) is 4.88 Å². The molecule has 2 atom stereocenters. The highest BCUT2D eigenvalue weighted by Gasteiger charge is 2.29. The summed E-state index contributed by atoms with van der Waals surface area (Å²) in [5, 5.41) is 19.7. The number of fused-ring (bicyclic) bond motifs is 2. The van der Waals surface area contributed by atoms with Crippen LogP contribution in [0.1, 0.15) is 78.4 Å². The molecular formula is C29H27N7O3S. The molecule has 10 nitrogen and oxygen atoms in total. The maximum Gasteiger partial charge on any atom is 0.338 e. The number of aromatic nitrogens is 4. The van der Waals surface area contributed by atoms with Crippen LogP contribution in [0.5, 0.6) is 0 Å². The van der Waals surface area contributed by atoms with Crippen molar-refractivity contribution < 1.29 is 14.3 Å². The molecule has 4 aromatic rings. The fourth-order valence-electron chi connectivity index (χ4n) is 4.88. The number of esters is 1. The summed E-state index contributed by atoms with van der Waals surface area (Å²) in [6, 6.07) is 10.7. The van der Waals surface area contributed by atoms with Gasteiger partial charge in [-0.05, 0) is 67.6 Å². The van der Waals surface area contributed by atoms with E-state index in [9.17, 15) is 9.59 Å². The molecule has 2 N–H and O–H groups in total. The summed E-state index contributed by atoms with van der Waals surface area (Å²) in [5.41, 5.74) is 4.63. The lowest BCUT2D eigenvalue weighted by atomic mass is 9.98. The molecule has 3 aromatic heterocycles. The number of rotatable bonds is 9. The van der Waals surface area contributed by atoms with Gasteiger partial charge in [-0.2, -0.15) is 19.9 Å². The summed E-state index contributed by atoms with van der Waals surface area (Å²) in [7, 11) is 0. The van der Waals surface area contributed by atoms with Crippen LogP contribution in [0.15, 0.2) is 55.9 Å². The Labute approximate surface area is 235 Å². The van der Waals surface area contributed by atoms with Gasteiger partial charge in [0.25, 0.3) is 11.7 Å². The van der Waals surface area contributed by atoms with Gasteiger partial charge in [-0.3, -0.25) is 4.79 Å². The summed E-state index contributed by atoms with van der Waals surface area (Å²) in [5.74, 6) is -0.452. The Kier molecular flexibility index (Phi) is 7.44. The topological polar surface area (TPSA) is 134 Å². The first-order valence-corrected chi connectivity index (χ1v) is 13.5. The molecule has 0 bridgehead atoms. The molecule has 0 saturated heterocycles. The van der Waals surface area contributed by atoms with Crippen molar-refractivity contribution in [2.75, 3.05) is 6.61 Å². The van der Waals surface area contributed by atoms with E-state index in [0.717, 1.165) is 28.0 Å². The molecule has 0 spiro atoms. The molecule has 0 fully saturated rings. The Morgan fingerprint density at radius 1 is 1.35 bits per heavy atom. The predicted molar refractivity (Wildman–Crippen MR) is 151 cm³/mol. The lowest BCUT2D eigenvalue weighted by Gasteiger charge is -2.18. The van der Waals surface area contributed by atoms with Gasteiger partial charge in [0.15, 0.2) is 0 Å². The maximum atomic E-state index is 13.6. The van der Waals surface area contributed by atoms with Crippen LogP contribution < -0.4 is 10.6 Å². The van der Waals surface area contributed by atoms with E-state index >= 15 is 0 Å². The largest absolute Gasteiger partial charge is 0.458 e. The molecule has 1 aliphatic carbocycles. The maximum absolute atomic E-state index is 13.6. The number of nitrogens with one attached hydrogen (secondary N) is 2. The second kappa shape index (κ2) is 11.1. The molecule has 3 heterocycles. The summed E-state index contributed by atoms with van der Waals surface area (Å²) in [6.07, 6.45) is 4.30. The fourth-order valence-corrected chi connectivity index (χ4v) is 5.68. The van der Waals surface area contributed by atoms with Crippen LogP contribution in [-0.4, -0.2) is 38.1 Å². The first-order valence-electron chi connectivity index (χ1n) is 12.7. The third-order valence-corrected chi connectivity index (χ3v) is 8.07. The minimum absolute atomic E-state index is 0.120. The van der Waals surface area contributed by atoms with E-state index in [-0.39, 0.29) is 36.1 Å². The van der Waals surface area contributed by atoms with E-state index in [0.29, 0.717) is 28.3 Å². The average molecular weight is 554 g/mol. The van der Waals surface area contributed by atoms with Gasteiger partial charge in [0.2, 0.25) is 0 Å².